The highest BCUT2D eigenvalue weighted by molar-refractivity contribution is 7.98. The van der Waals surface area contributed by atoms with E-state index < -0.39 is 5.79 Å². The Balaban J connectivity index is 1.82. The minimum atomic E-state index is -0.608. The van der Waals surface area contributed by atoms with Gasteiger partial charge in [0.25, 0.3) is 0 Å². The van der Waals surface area contributed by atoms with Gasteiger partial charge in [0.1, 0.15) is 29.3 Å². The van der Waals surface area contributed by atoms with Gasteiger partial charge in [-0.2, -0.15) is 0 Å². The molecule has 23 heavy (non-hydrogen) atoms. The van der Waals surface area contributed by atoms with Crippen LogP contribution in [0.1, 0.15) is 27.0 Å². The Morgan fingerprint density at radius 1 is 1.26 bits per heavy atom. The number of ether oxygens (including phenoxy) is 3. The number of fused-ring (bicyclic) bond motifs is 2. The normalized spacial score (nSPS) is 32.6. The maximum absolute atomic E-state index is 6.27. The summed E-state index contributed by atoms with van der Waals surface area (Å²) in [6.07, 6.45) is 4.84. The Morgan fingerprint density at radius 2 is 2.00 bits per heavy atom. The van der Waals surface area contributed by atoms with Gasteiger partial charge >= 0.3 is 0 Å². The standard InChI is InChI=1S/C15H18ClN3O3S/c1-7-10-11(22-15(2,3)21-10)14(20-7)19-5-8(23-4)9-12(16)17-6-18-13(9)19/h5-7,10-11,14H,1-4H3/t7-,10-,11-,14-/m1/s1. The van der Waals surface area contributed by atoms with Crippen LogP contribution in [0.15, 0.2) is 17.4 Å². The van der Waals surface area contributed by atoms with Crippen LogP contribution in [-0.2, 0) is 14.2 Å². The number of aromatic nitrogens is 3. The van der Waals surface area contributed by atoms with Gasteiger partial charge < -0.3 is 18.8 Å². The Hall–Kier alpha value is -0.860. The molecular formula is C15H18ClN3O3S. The maximum Gasteiger partial charge on any atom is 0.164 e. The van der Waals surface area contributed by atoms with Crippen LogP contribution in [0.3, 0.4) is 0 Å². The molecule has 0 aromatic carbocycles. The summed E-state index contributed by atoms with van der Waals surface area (Å²) >= 11 is 7.88. The molecule has 2 saturated heterocycles. The van der Waals surface area contributed by atoms with E-state index in [0.29, 0.717) is 5.15 Å². The first-order valence-corrected chi connectivity index (χ1v) is 9.07. The number of hydrogen-bond acceptors (Lipinski definition) is 6. The van der Waals surface area contributed by atoms with E-state index in [9.17, 15) is 0 Å². The van der Waals surface area contributed by atoms with Crippen LogP contribution < -0.4 is 0 Å². The van der Waals surface area contributed by atoms with E-state index in [2.05, 4.69) is 9.97 Å². The summed E-state index contributed by atoms with van der Waals surface area (Å²) in [5.41, 5.74) is 0.750. The lowest BCUT2D eigenvalue weighted by Crippen LogP contribution is -2.27. The Bertz CT molecular complexity index is 766. The maximum atomic E-state index is 6.27. The zero-order chi connectivity index (χ0) is 16.4. The van der Waals surface area contributed by atoms with Crippen LogP contribution >= 0.6 is 23.4 Å². The number of hydrogen-bond donors (Lipinski definition) is 0. The molecule has 4 heterocycles. The van der Waals surface area contributed by atoms with Crippen molar-refractivity contribution in [1.82, 2.24) is 14.5 Å². The fourth-order valence-electron chi connectivity index (χ4n) is 3.36. The van der Waals surface area contributed by atoms with Crippen LogP contribution in [0.2, 0.25) is 5.15 Å². The molecule has 4 atom stereocenters. The van der Waals surface area contributed by atoms with Crippen molar-refractivity contribution >= 4 is 34.4 Å². The molecule has 6 nitrogen and oxygen atoms in total. The molecule has 2 aromatic heterocycles. The molecule has 0 amide bonds. The Labute approximate surface area is 143 Å². The summed E-state index contributed by atoms with van der Waals surface area (Å²) in [6.45, 7) is 5.86. The fraction of sp³-hybridized carbons (Fsp3) is 0.600. The second-order valence-electron chi connectivity index (χ2n) is 6.26. The zero-order valence-electron chi connectivity index (χ0n) is 13.3. The number of halogens is 1. The number of thioether (sulfide) groups is 1. The van der Waals surface area contributed by atoms with E-state index in [1.165, 1.54) is 6.33 Å². The van der Waals surface area contributed by atoms with Gasteiger partial charge in [-0.05, 0) is 27.0 Å². The van der Waals surface area contributed by atoms with Gasteiger partial charge in [-0.15, -0.1) is 11.8 Å². The van der Waals surface area contributed by atoms with Gasteiger partial charge in [-0.1, -0.05) is 11.6 Å². The first kappa shape index (κ1) is 15.7. The molecule has 0 unspecified atom stereocenters. The molecule has 0 radical (unpaired) electrons. The lowest BCUT2D eigenvalue weighted by molar-refractivity contribution is -0.194. The van der Waals surface area contributed by atoms with Crippen LogP contribution in [-0.4, -0.2) is 44.9 Å². The number of nitrogens with zero attached hydrogens (tertiary/aromatic N) is 3. The third-order valence-corrected chi connectivity index (χ3v) is 5.32. The molecule has 0 aliphatic carbocycles. The summed E-state index contributed by atoms with van der Waals surface area (Å²) in [6, 6.07) is 0. The monoisotopic (exact) mass is 355 g/mol. The van der Waals surface area contributed by atoms with Gasteiger partial charge in [0, 0.05) is 11.1 Å². The van der Waals surface area contributed by atoms with E-state index in [1.807, 2.05) is 37.8 Å². The molecule has 0 bridgehead atoms. The molecule has 2 aromatic rings. The summed E-state index contributed by atoms with van der Waals surface area (Å²) in [5, 5.41) is 1.30. The molecule has 2 fully saturated rings. The summed E-state index contributed by atoms with van der Waals surface area (Å²) < 4.78 is 20.2. The molecule has 8 heteroatoms. The smallest absolute Gasteiger partial charge is 0.164 e. The van der Waals surface area contributed by atoms with Gasteiger partial charge in [-0.25, -0.2) is 9.97 Å². The SMILES string of the molecule is CSc1cn([C@@H]2O[C@H](C)[C@H]3OC(C)(C)O[C@H]32)c2ncnc(Cl)c12. The van der Waals surface area contributed by atoms with Crippen molar-refractivity contribution in [3.8, 4) is 0 Å². The lowest BCUT2D eigenvalue weighted by Gasteiger charge is -2.24. The summed E-state index contributed by atoms with van der Waals surface area (Å²) in [4.78, 5) is 9.52. The van der Waals surface area contributed by atoms with Crippen molar-refractivity contribution < 1.29 is 14.2 Å². The zero-order valence-corrected chi connectivity index (χ0v) is 14.9. The van der Waals surface area contributed by atoms with E-state index in [4.69, 9.17) is 25.8 Å². The fourth-order valence-corrected chi connectivity index (χ4v) is 4.26. The molecular weight excluding hydrogens is 338 g/mol. The molecule has 124 valence electrons. The van der Waals surface area contributed by atoms with Gasteiger partial charge in [-0.3, -0.25) is 0 Å². The minimum absolute atomic E-state index is 0.0562. The quantitative estimate of drug-likeness (QED) is 0.609. The average Bonchev–Trinajstić information content (AvgIpc) is 3.10. The van der Waals surface area contributed by atoms with E-state index in [0.717, 1.165) is 15.9 Å². The number of rotatable bonds is 2. The molecule has 2 aliphatic rings. The van der Waals surface area contributed by atoms with Crippen molar-refractivity contribution in [2.45, 2.75) is 56.0 Å². The van der Waals surface area contributed by atoms with Crippen molar-refractivity contribution in [1.29, 1.82) is 0 Å². The second-order valence-corrected chi connectivity index (χ2v) is 7.47. The van der Waals surface area contributed by atoms with Crippen molar-refractivity contribution in [3.05, 3.63) is 17.7 Å². The van der Waals surface area contributed by atoms with Crippen LogP contribution in [0.5, 0.6) is 0 Å². The summed E-state index contributed by atoms with van der Waals surface area (Å²) in [7, 11) is 0. The largest absolute Gasteiger partial charge is 0.349 e. The van der Waals surface area contributed by atoms with E-state index >= 15 is 0 Å². The van der Waals surface area contributed by atoms with Crippen LogP contribution in [0, 0.1) is 0 Å². The summed E-state index contributed by atoms with van der Waals surface area (Å²) in [5.74, 6) is -0.608. The van der Waals surface area contributed by atoms with Crippen molar-refractivity contribution in [2.75, 3.05) is 6.26 Å². The predicted octanol–water partition coefficient (Wildman–Crippen LogP) is 3.24. The molecule has 2 aliphatic heterocycles. The van der Waals surface area contributed by atoms with Crippen LogP contribution in [0.25, 0.3) is 11.0 Å². The minimum Gasteiger partial charge on any atom is -0.349 e. The average molecular weight is 356 g/mol. The van der Waals surface area contributed by atoms with Crippen molar-refractivity contribution in [3.63, 3.8) is 0 Å². The second kappa shape index (κ2) is 5.32. The Kier molecular flexibility index (Phi) is 3.62. The van der Waals surface area contributed by atoms with Crippen molar-refractivity contribution in [2.24, 2.45) is 0 Å². The first-order valence-electron chi connectivity index (χ1n) is 7.47. The molecule has 0 spiro atoms. The Morgan fingerprint density at radius 3 is 2.74 bits per heavy atom. The topological polar surface area (TPSA) is 58.4 Å². The molecule has 4 rings (SSSR count). The third-order valence-electron chi connectivity index (χ3n) is 4.28. The first-order chi connectivity index (χ1) is 10.9. The van der Waals surface area contributed by atoms with Gasteiger partial charge in [0.15, 0.2) is 12.0 Å². The van der Waals surface area contributed by atoms with E-state index in [1.54, 1.807) is 11.8 Å². The van der Waals surface area contributed by atoms with Gasteiger partial charge in [0.2, 0.25) is 0 Å². The highest BCUT2D eigenvalue weighted by Gasteiger charge is 2.54. The van der Waals surface area contributed by atoms with E-state index in [-0.39, 0.29) is 24.5 Å². The van der Waals surface area contributed by atoms with Crippen LogP contribution in [0.4, 0.5) is 0 Å². The highest BCUT2D eigenvalue weighted by atomic mass is 35.5. The molecule has 0 saturated carbocycles. The lowest BCUT2D eigenvalue weighted by atomic mass is 10.1. The third kappa shape index (κ3) is 2.37. The molecule has 0 N–H and O–H groups in total. The van der Waals surface area contributed by atoms with Gasteiger partial charge in [0.05, 0.1) is 11.5 Å². The highest BCUT2D eigenvalue weighted by Crippen LogP contribution is 2.45. The predicted molar refractivity (Wildman–Crippen MR) is 87.7 cm³/mol.